The molecule has 15 N–H and O–H groups in total. The van der Waals surface area contributed by atoms with Crippen LogP contribution in [0.1, 0.15) is 71.3 Å². The molecule has 1 fully saturated rings. The number of amides is 9. The van der Waals surface area contributed by atoms with Crippen LogP contribution in [0, 0.1) is 0 Å². The van der Waals surface area contributed by atoms with Gasteiger partial charge in [-0.3, -0.25) is 43.2 Å². The predicted molar refractivity (Wildman–Crippen MR) is 238 cm³/mol. The smallest absolute Gasteiger partial charge is 0.326 e. The third kappa shape index (κ3) is 19.0. The molecule has 2 rings (SSSR count). The number of likely N-dealkylation sites (tertiary alicyclic amines) is 1. The van der Waals surface area contributed by atoms with Crippen LogP contribution in [0.3, 0.4) is 0 Å². The summed E-state index contributed by atoms with van der Waals surface area (Å²) >= 11 is 1.36. The fourth-order valence-electron chi connectivity index (χ4n) is 6.60. The van der Waals surface area contributed by atoms with Gasteiger partial charge >= 0.3 is 5.97 Å². The fourth-order valence-corrected chi connectivity index (χ4v) is 7.08. The van der Waals surface area contributed by atoms with Crippen LogP contribution in [0.25, 0.3) is 0 Å². The Morgan fingerprint density at radius 3 is 1.97 bits per heavy atom. The number of primary amides is 1. The van der Waals surface area contributed by atoms with Gasteiger partial charge in [-0.05, 0) is 77.0 Å². The van der Waals surface area contributed by atoms with Crippen LogP contribution in [-0.2, 0) is 54.4 Å². The Bertz CT molecular complexity index is 1820. The minimum Gasteiger partial charge on any atom is -0.480 e. The Kier molecular flexibility index (Phi) is 23.9. The highest BCUT2D eigenvalue weighted by Crippen LogP contribution is 2.18. The number of benzene rings is 1. The van der Waals surface area contributed by atoms with Crippen LogP contribution >= 0.6 is 11.8 Å². The van der Waals surface area contributed by atoms with Crippen molar-refractivity contribution in [3.05, 3.63) is 35.9 Å². The number of hydrogen-bond acceptors (Lipinski definition) is 14. The Hall–Kier alpha value is -5.85. The quantitative estimate of drug-likeness (QED) is 0.0355. The van der Waals surface area contributed by atoms with Gasteiger partial charge in [0.05, 0.1) is 25.1 Å². The van der Waals surface area contributed by atoms with E-state index in [9.17, 15) is 58.2 Å². The summed E-state index contributed by atoms with van der Waals surface area (Å²) in [6.07, 6.45) is 1.90. The first-order valence-corrected chi connectivity index (χ1v) is 22.7. The van der Waals surface area contributed by atoms with Gasteiger partial charge in [-0.2, -0.15) is 11.8 Å². The summed E-state index contributed by atoms with van der Waals surface area (Å²) in [6, 6.07) is -2.14. The molecule has 9 amide bonds. The van der Waals surface area contributed by atoms with Crippen molar-refractivity contribution in [2.24, 2.45) is 17.2 Å². The molecule has 0 spiro atoms. The van der Waals surface area contributed by atoms with Crippen molar-refractivity contribution >= 4 is 70.9 Å². The number of carboxylic acids is 1. The van der Waals surface area contributed by atoms with Crippen molar-refractivity contribution in [1.29, 1.82) is 0 Å². The minimum atomic E-state index is -1.66. The number of nitrogens with one attached hydrogen (secondary N) is 7. The molecule has 23 nitrogen and oxygen atoms in total. The lowest BCUT2D eigenvalue weighted by atomic mass is 10.0. The zero-order valence-electron chi connectivity index (χ0n) is 37.1. The number of aliphatic hydroxyl groups is 1. The molecule has 24 heteroatoms. The number of carboxylic acid groups (broad SMARTS) is 1. The number of aliphatic hydroxyl groups excluding tert-OH is 1. The Morgan fingerprint density at radius 1 is 0.769 bits per heavy atom. The normalized spacial score (nSPS) is 17.0. The van der Waals surface area contributed by atoms with Crippen molar-refractivity contribution in [3.63, 3.8) is 0 Å². The maximum atomic E-state index is 13.7. The molecule has 1 aromatic rings. The zero-order chi connectivity index (χ0) is 48.8. The van der Waals surface area contributed by atoms with Gasteiger partial charge in [-0.25, -0.2) is 4.79 Å². The number of rotatable bonds is 28. The number of thioether (sulfide) groups is 1. The third-order valence-electron chi connectivity index (χ3n) is 10.3. The lowest BCUT2D eigenvalue weighted by Gasteiger charge is -2.27. The molecule has 1 aliphatic heterocycles. The predicted octanol–water partition coefficient (Wildman–Crippen LogP) is -4.16. The van der Waals surface area contributed by atoms with E-state index in [0.29, 0.717) is 43.5 Å². The van der Waals surface area contributed by atoms with Crippen molar-refractivity contribution in [2.75, 3.05) is 31.6 Å². The summed E-state index contributed by atoms with van der Waals surface area (Å²) in [7, 11) is 0. The molecule has 1 heterocycles. The molecule has 0 radical (unpaired) electrons. The Balaban J connectivity index is 2.15. The summed E-state index contributed by atoms with van der Waals surface area (Å²) in [4.78, 5) is 131. The molecule has 0 saturated carbocycles. The van der Waals surface area contributed by atoms with Crippen molar-refractivity contribution in [3.8, 4) is 0 Å². The lowest BCUT2D eigenvalue weighted by molar-refractivity contribution is -0.143. The molecular weight excluding hydrogens is 871 g/mol. The van der Waals surface area contributed by atoms with Gasteiger partial charge in [-0.1, -0.05) is 36.8 Å². The Labute approximate surface area is 381 Å². The first kappa shape index (κ1) is 55.3. The van der Waals surface area contributed by atoms with Gasteiger partial charge in [0, 0.05) is 13.0 Å². The highest BCUT2D eigenvalue weighted by Gasteiger charge is 2.37. The SMILES string of the molecule is CSCC[C@H](NC(=O)[C@@H](NC(=O)[C@H](C)NC(=O)[C@H](Cc1ccccc1)NC(=O)[C@H](CC(N)=O)NC(=O)[C@H](C)NC(=O)[C@@H]1CCCN1C(=O)CNC(=O)[C@@H](N)CCCCN)[C@@H](C)O)C(=O)O. The summed E-state index contributed by atoms with van der Waals surface area (Å²) in [6.45, 7) is 4.03. The third-order valence-corrected chi connectivity index (χ3v) is 11.0. The lowest BCUT2D eigenvalue weighted by Crippen LogP contribution is -2.61. The maximum Gasteiger partial charge on any atom is 0.326 e. The summed E-state index contributed by atoms with van der Waals surface area (Å²) in [5.41, 5.74) is 17.3. The maximum absolute atomic E-state index is 13.7. The number of hydrogen-bond donors (Lipinski definition) is 12. The van der Waals surface area contributed by atoms with Gasteiger partial charge in [-0.15, -0.1) is 0 Å². The molecule has 9 atom stereocenters. The summed E-state index contributed by atoms with van der Waals surface area (Å²) in [5, 5.41) is 36.7. The number of unbranched alkanes of at least 4 members (excludes halogenated alkanes) is 1. The van der Waals surface area contributed by atoms with Crippen LogP contribution < -0.4 is 54.4 Å². The van der Waals surface area contributed by atoms with Gasteiger partial charge in [0.2, 0.25) is 53.2 Å². The van der Waals surface area contributed by atoms with E-state index < -0.39 is 127 Å². The second kappa shape index (κ2) is 28.1. The Morgan fingerprint density at radius 2 is 1.37 bits per heavy atom. The van der Waals surface area contributed by atoms with Gasteiger partial charge in [0.15, 0.2) is 0 Å². The molecule has 0 aromatic heterocycles. The van der Waals surface area contributed by atoms with Crippen LogP contribution in [0.2, 0.25) is 0 Å². The summed E-state index contributed by atoms with van der Waals surface area (Å²) in [5.74, 6) is -8.44. The number of nitrogens with two attached hydrogens (primary N) is 3. The first-order valence-electron chi connectivity index (χ1n) is 21.3. The largest absolute Gasteiger partial charge is 0.480 e. The van der Waals surface area contributed by atoms with Crippen LogP contribution in [-0.4, -0.2) is 160 Å². The van der Waals surface area contributed by atoms with Gasteiger partial charge in [0.1, 0.15) is 42.3 Å². The van der Waals surface area contributed by atoms with Crippen LogP contribution in [0.15, 0.2) is 30.3 Å². The zero-order valence-corrected chi connectivity index (χ0v) is 37.9. The van der Waals surface area contributed by atoms with E-state index in [1.54, 1.807) is 36.6 Å². The number of carbonyl (C=O) groups excluding carboxylic acids is 9. The number of carbonyl (C=O) groups is 10. The topological polar surface area (TPSA) is 377 Å². The average molecular weight is 936 g/mol. The van der Waals surface area contributed by atoms with Crippen molar-refractivity contribution in [1.82, 2.24) is 42.1 Å². The monoisotopic (exact) mass is 935 g/mol. The molecule has 65 heavy (non-hydrogen) atoms. The molecule has 362 valence electrons. The van der Waals surface area contributed by atoms with Gasteiger partial charge in [0.25, 0.3) is 0 Å². The molecule has 1 aliphatic rings. The number of nitrogens with zero attached hydrogens (tertiary/aromatic N) is 1. The highest BCUT2D eigenvalue weighted by atomic mass is 32.2. The fraction of sp³-hybridized carbons (Fsp3) is 0.610. The minimum absolute atomic E-state index is 0.0731. The van der Waals surface area contributed by atoms with E-state index in [1.165, 1.54) is 37.4 Å². The molecule has 0 unspecified atom stereocenters. The van der Waals surface area contributed by atoms with E-state index in [-0.39, 0.29) is 25.8 Å². The van der Waals surface area contributed by atoms with Crippen molar-refractivity contribution in [2.45, 2.75) is 127 Å². The van der Waals surface area contributed by atoms with E-state index in [4.69, 9.17) is 17.2 Å². The van der Waals surface area contributed by atoms with Crippen molar-refractivity contribution < 1.29 is 58.2 Å². The van der Waals surface area contributed by atoms with E-state index >= 15 is 0 Å². The molecule has 0 bridgehead atoms. The van der Waals surface area contributed by atoms with E-state index in [0.717, 1.165) is 0 Å². The standard InChI is InChI=1S/C41H65N11O12S/c1-22(47-39(61)30-14-10-17-52(30)32(55)21-45-36(58)26(43)13-8-9-16-42)34(56)49-29(20-31(44)54)38(60)50-28(19-25-11-6-5-7-12-25)37(59)46-23(2)35(57)51-33(24(3)53)40(62)48-27(41(63)64)15-18-65-4/h5-7,11-12,22-24,26-30,33,53H,8-10,13-21,42-43H2,1-4H3,(H2,44,54)(H,45,58)(H,46,59)(H,47,61)(H,48,62)(H,49,56)(H,50,60)(H,51,57)(H,63,64)/t22-,23-,24+,26-,27-,28-,29-,30-,33-/m0/s1. The van der Waals surface area contributed by atoms with Crippen LogP contribution in [0.4, 0.5) is 0 Å². The molecule has 1 saturated heterocycles. The number of aliphatic carboxylic acids is 1. The second-order valence-electron chi connectivity index (χ2n) is 15.7. The summed E-state index contributed by atoms with van der Waals surface area (Å²) < 4.78 is 0. The van der Waals surface area contributed by atoms with Gasteiger partial charge < -0.3 is 69.5 Å². The second-order valence-corrected chi connectivity index (χ2v) is 16.7. The first-order chi connectivity index (χ1) is 30.7. The average Bonchev–Trinajstić information content (AvgIpc) is 3.76. The molecular formula is C41H65N11O12S. The van der Waals surface area contributed by atoms with Crippen LogP contribution in [0.5, 0.6) is 0 Å². The molecule has 1 aromatic carbocycles. The molecule has 0 aliphatic carbocycles. The van der Waals surface area contributed by atoms with E-state index in [2.05, 4.69) is 37.2 Å². The highest BCUT2D eigenvalue weighted by molar-refractivity contribution is 7.98. The van der Waals surface area contributed by atoms with E-state index in [1.807, 2.05) is 0 Å².